The lowest BCUT2D eigenvalue weighted by atomic mass is 9.78. The summed E-state index contributed by atoms with van der Waals surface area (Å²) in [6.45, 7) is 8.11. The quantitative estimate of drug-likeness (QED) is 0.770. The Morgan fingerprint density at radius 3 is 2.05 bits per heavy atom. The molecule has 1 aliphatic rings. The number of ether oxygens (including phenoxy) is 2. The number of rotatable bonds is 5. The number of epoxide rings is 1. The van der Waals surface area contributed by atoms with Gasteiger partial charge in [0.2, 0.25) is 0 Å². The Morgan fingerprint density at radius 2 is 1.52 bits per heavy atom. The first-order chi connectivity index (χ1) is 10.1. The van der Waals surface area contributed by atoms with Crippen LogP contribution in [0.5, 0.6) is 5.75 Å². The summed E-state index contributed by atoms with van der Waals surface area (Å²) >= 11 is 0. The number of aryl methyl sites for hydroxylation is 1. The predicted octanol–water partition coefficient (Wildman–Crippen LogP) is 4.10. The smallest absolute Gasteiger partial charge is 0.119 e. The lowest BCUT2D eigenvalue weighted by Gasteiger charge is -2.26. The molecule has 2 aromatic rings. The maximum Gasteiger partial charge on any atom is 0.119 e. The molecule has 2 heteroatoms. The average Bonchev–Trinajstić information content (AvgIpc) is 3.30. The summed E-state index contributed by atoms with van der Waals surface area (Å²) in [6.07, 6.45) is 0.300. The minimum Gasteiger partial charge on any atom is -0.491 e. The van der Waals surface area contributed by atoms with Gasteiger partial charge in [-0.2, -0.15) is 0 Å². The molecule has 0 radical (unpaired) electrons. The summed E-state index contributed by atoms with van der Waals surface area (Å²) in [5, 5.41) is 0. The zero-order valence-corrected chi connectivity index (χ0v) is 12.9. The van der Waals surface area contributed by atoms with Crippen molar-refractivity contribution in [1.29, 1.82) is 0 Å². The third kappa shape index (κ3) is 3.27. The highest BCUT2D eigenvalue weighted by Gasteiger charge is 2.24. The highest BCUT2D eigenvalue weighted by atomic mass is 16.6. The lowest BCUT2D eigenvalue weighted by molar-refractivity contribution is 0.263. The Morgan fingerprint density at radius 1 is 1.00 bits per heavy atom. The molecule has 0 spiro atoms. The molecule has 1 heterocycles. The summed E-state index contributed by atoms with van der Waals surface area (Å²) in [7, 11) is 0. The fraction of sp³-hybridized carbons (Fsp3) is 0.368. The first kappa shape index (κ1) is 14.2. The molecule has 1 unspecified atom stereocenters. The first-order valence-electron chi connectivity index (χ1n) is 7.48. The molecule has 21 heavy (non-hydrogen) atoms. The van der Waals surface area contributed by atoms with Crippen LogP contribution in [0.15, 0.2) is 48.5 Å². The molecule has 0 aromatic heterocycles. The molecule has 0 saturated carbocycles. The van der Waals surface area contributed by atoms with E-state index in [0.717, 1.165) is 12.4 Å². The standard InChI is InChI=1S/C19H22O2/c1-14-4-6-15(7-5-14)19(2,3)16-8-10-17(11-9-16)20-12-18-13-21-18/h4-11,18H,12-13H2,1-3H3. The molecule has 0 amide bonds. The van der Waals surface area contributed by atoms with Crippen molar-refractivity contribution in [2.45, 2.75) is 32.3 Å². The van der Waals surface area contributed by atoms with Gasteiger partial charge in [0.15, 0.2) is 0 Å². The van der Waals surface area contributed by atoms with E-state index in [-0.39, 0.29) is 5.41 Å². The van der Waals surface area contributed by atoms with E-state index >= 15 is 0 Å². The van der Waals surface area contributed by atoms with Crippen molar-refractivity contribution in [3.8, 4) is 5.75 Å². The van der Waals surface area contributed by atoms with Gasteiger partial charge in [-0.25, -0.2) is 0 Å². The van der Waals surface area contributed by atoms with Crippen LogP contribution in [0.3, 0.4) is 0 Å². The third-order valence-corrected chi connectivity index (χ3v) is 4.19. The molecule has 1 fully saturated rings. The van der Waals surface area contributed by atoms with Gasteiger partial charge in [0.1, 0.15) is 18.5 Å². The molecule has 2 nitrogen and oxygen atoms in total. The van der Waals surface area contributed by atoms with Gasteiger partial charge < -0.3 is 9.47 Å². The molecular weight excluding hydrogens is 260 g/mol. The second-order valence-electron chi connectivity index (χ2n) is 6.28. The van der Waals surface area contributed by atoms with Gasteiger partial charge in [0.05, 0.1) is 6.61 Å². The monoisotopic (exact) mass is 282 g/mol. The fourth-order valence-electron chi connectivity index (χ4n) is 2.46. The molecule has 110 valence electrons. The van der Waals surface area contributed by atoms with Crippen molar-refractivity contribution < 1.29 is 9.47 Å². The van der Waals surface area contributed by atoms with Crippen molar-refractivity contribution in [2.75, 3.05) is 13.2 Å². The van der Waals surface area contributed by atoms with Crippen LogP contribution in [0.1, 0.15) is 30.5 Å². The molecule has 0 N–H and O–H groups in total. The van der Waals surface area contributed by atoms with Crippen LogP contribution in [0.25, 0.3) is 0 Å². The van der Waals surface area contributed by atoms with Gasteiger partial charge in [-0.3, -0.25) is 0 Å². The topological polar surface area (TPSA) is 21.8 Å². The maximum absolute atomic E-state index is 5.69. The van der Waals surface area contributed by atoms with Gasteiger partial charge in [0, 0.05) is 5.41 Å². The van der Waals surface area contributed by atoms with Crippen LogP contribution in [0.4, 0.5) is 0 Å². The summed E-state index contributed by atoms with van der Waals surface area (Å²) in [4.78, 5) is 0. The summed E-state index contributed by atoms with van der Waals surface area (Å²) in [6, 6.07) is 17.2. The summed E-state index contributed by atoms with van der Waals surface area (Å²) < 4.78 is 10.8. The summed E-state index contributed by atoms with van der Waals surface area (Å²) in [5.74, 6) is 0.911. The van der Waals surface area contributed by atoms with Crippen LogP contribution in [0, 0.1) is 6.92 Å². The maximum atomic E-state index is 5.69. The van der Waals surface area contributed by atoms with E-state index in [2.05, 4.69) is 57.2 Å². The van der Waals surface area contributed by atoms with Gasteiger partial charge >= 0.3 is 0 Å². The van der Waals surface area contributed by atoms with Gasteiger partial charge in [0.25, 0.3) is 0 Å². The van der Waals surface area contributed by atoms with Crippen LogP contribution in [0.2, 0.25) is 0 Å². The second kappa shape index (κ2) is 5.53. The predicted molar refractivity (Wildman–Crippen MR) is 85.0 cm³/mol. The molecule has 0 aliphatic carbocycles. The van der Waals surface area contributed by atoms with Crippen LogP contribution >= 0.6 is 0 Å². The second-order valence-corrected chi connectivity index (χ2v) is 6.28. The summed E-state index contributed by atoms with van der Waals surface area (Å²) in [5.41, 5.74) is 3.90. The largest absolute Gasteiger partial charge is 0.491 e. The van der Waals surface area contributed by atoms with Crippen LogP contribution in [-0.2, 0) is 10.2 Å². The van der Waals surface area contributed by atoms with Gasteiger partial charge in [-0.15, -0.1) is 0 Å². The molecule has 0 bridgehead atoms. The van der Waals surface area contributed by atoms with E-state index in [4.69, 9.17) is 9.47 Å². The van der Waals surface area contributed by atoms with Crippen molar-refractivity contribution in [1.82, 2.24) is 0 Å². The Kier molecular flexibility index (Phi) is 3.73. The molecule has 1 saturated heterocycles. The zero-order valence-electron chi connectivity index (χ0n) is 12.9. The van der Waals surface area contributed by atoms with E-state index in [9.17, 15) is 0 Å². The Hall–Kier alpha value is -1.80. The Balaban J connectivity index is 1.76. The van der Waals surface area contributed by atoms with Gasteiger partial charge in [-0.05, 0) is 30.2 Å². The van der Waals surface area contributed by atoms with E-state index in [1.807, 2.05) is 12.1 Å². The SMILES string of the molecule is Cc1ccc(C(C)(C)c2ccc(OCC3CO3)cc2)cc1. The van der Waals surface area contributed by atoms with E-state index in [1.165, 1.54) is 16.7 Å². The molecule has 2 aromatic carbocycles. The van der Waals surface area contributed by atoms with Crippen molar-refractivity contribution >= 4 is 0 Å². The van der Waals surface area contributed by atoms with E-state index in [1.54, 1.807) is 0 Å². The first-order valence-corrected chi connectivity index (χ1v) is 7.48. The molecular formula is C19H22O2. The van der Waals surface area contributed by atoms with Crippen molar-refractivity contribution in [2.24, 2.45) is 0 Å². The van der Waals surface area contributed by atoms with Crippen LogP contribution in [-0.4, -0.2) is 19.3 Å². The zero-order chi connectivity index (χ0) is 14.9. The molecule has 3 rings (SSSR count). The fourth-order valence-corrected chi connectivity index (χ4v) is 2.46. The Labute approximate surface area is 126 Å². The lowest BCUT2D eigenvalue weighted by Crippen LogP contribution is -2.18. The van der Waals surface area contributed by atoms with Crippen molar-refractivity contribution in [3.63, 3.8) is 0 Å². The normalized spacial score (nSPS) is 17.6. The van der Waals surface area contributed by atoms with E-state index < -0.39 is 0 Å². The third-order valence-electron chi connectivity index (χ3n) is 4.19. The number of benzene rings is 2. The number of hydrogen-bond donors (Lipinski definition) is 0. The minimum atomic E-state index is -0.00810. The molecule has 1 aliphatic heterocycles. The highest BCUT2D eigenvalue weighted by molar-refractivity contribution is 5.40. The Bertz CT molecular complexity index is 592. The van der Waals surface area contributed by atoms with E-state index in [0.29, 0.717) is 12.7 Å². The highest BCUT2D eigenvalue weighted by Crippen LogP contribution is 2.32. The number of hydrogen-bond acceptors (Lipinski definition) is 2. The van der Waals surface area contributed by atoms with Gasteiger partial charge in [-0.1, -0.05) is 55.8 Å². The van der Waals surface area contributed by atoms with Crippen molar-refractivity contribution in [3.05, 3.63) is 65.2 Å². The molecule has 1 atom stereocenters. The average molecular weight is 282 g/mol. The minimum absolute atomic E-state index is 0.00810. The van der Waals surface area contributed by atoms with Crippen LogP contribution < -0.4 is 4.74 Å².